The summed E-state index contributed by atoms with van der Waals surface area (Å²) in [6.45, 7) is -0.601. The van der Waals surface area contributed by atoms with Crippen molar-refractivity contribution >= 4 is 11.5 Å². The van der Waals surface area contributed by atoms with Crippen LogP contribution in [0.5, 0.6) is 0 Å². The van der Waals surface area contributed by atoms with E-state index in [0.717, 1.165) is 25.7 Å². The van der Waals surface area contributed by atoms with Crippen molar-refractivity contribution in [2.24, 2.45) is 5.92 Å². The van der Waals surface area contributed by atoms with E-state index in [1.54, 1.807) is 0 Å². The third-order valence-electron chi connectivity index (χ3n) is 3.08. The van der Waals surface area contributed by atoms with Crippen molar-refractivity contribution < 1.29 is 19.8 Å². The van der Waals surface area contributed by atoms with Gasteiger partial charge in [-0.1, -0.05) is 32.1 Å². The van der Waals surface area contributed by atoms with Gasteiger partial charge in [0.1, 0.15) is 0 Å². The number of hydrogen-bond donors (Lipinski definition) is 2. The minimum Gasteiger partial charge on any atom is -0.393 e. The Hall–Kier alpha value is -1.03. The molecule has 0 radical (unpaired) electrons. The van der Waals surface area contributed by atoms with E-state index < -0.39 is 12.7 Å². The Morgan fingerprint density at radius 3 is 2.50 bits per heavy atom. The summed E-state index contributed by atoms with van der Waals surface area (Å²) in [4.78, 5) is 14.5. The normalized spacial score (nSPS) is 18.9. The molecule has 1 fully saturated rings. The van der Waals surface area contributed by atoms with Crippen LogP contribution in [0.2, 0.25) is 0 Å². The van der Waals surface area contributed by atoms with Crippen LogP contribution in [0.4, 0.5) is 0 Å². The third kappa shape index (κ3) is 3.52. The van der Waals surface area contributed by atoms with Gasteiger partial charge in [-0.3, -0.25) is 4.79 Å². The number of Topliss-reactive ketones (excluding diaryl/α,β-unsaturated/α-hetero) is 1. The van der Waals surface area contributed by atoms with Gasteiger partial charge in [-0.25, -0.2) is 0 Å². The maximum Gasteiger partial charge on any atom is 0.364 e. The molecule has 0 aromatic heterocycles. The van der Waals surface area contributed by atoms with Crippen molar-refractivity contribution in [3.8, 4) is 0 Å². The van der Waals surface area contributed by atoms with Crippen molar-refractivity contribution in [3.63, 3.8) is 0 Å². The molecule has 0 aliphatic heterocycles. The Kier molecular flexibility index (Phi) is 5.32. The van der Waals surface area contributed by atoms with Crippen LogP contribution in [0.25, 0.3) is 5.53 Å². The number of rotatable bonds is 5. The van der Waals surface area contributed by atoms with Gasteiger partial charge in [-0.2, -0.15) is 4.79 Å². The fourth-order valence-corrected chi connectivity index (χ4v) is 2.15. The van der Waals surface area contributed by atoms with Gasteiger partial charge >= 0.3 is 5.71 Å². The van der Waals surface area contributed by atoms with Crippen molar-refractivity contribution in [1.29, 1.82) is 0 Å². The van der Waals surface area contributed by atoms with E-state index in [2.05, 4.69) is 4.79 Å². The lowest BCUT2D eigenvalue weighted by atomic mass is 9.85. The van der Waals surface area contributed by atoms with Crippen LogP contribution in [0.1, 0.15) is 38.5 Å². The molecule has 0 amide bonds. The van der Waals surface area contributed by atoms with Gasteiger partial charge in [0.2, 0.25) is 5.78 Å². The summed E-state index contributed by atoms with van der Waals surface area (Å²) in [5.41, 5.74) is 8.30. The molecule has 0 aromatic rings. The monoisotopic (exact) mass is 226 g/mol. The van der Waals surface area contributed by atoms with Gasteiger partial charge in [-0.05, 0) is 5.92 Å². The number of aliphatic hydroxyl groups excluding tert-OH is 2. The Balaban J connectivity index is 2.52. The van der Waals surface area contributed by atoms with Crippen molar-refractivity contribution in [2.45, 2.75) is 44.6 Å². The molecule has 16 heavy (non-hydrogen) atoms. The fourth-order valence-electron chi connectivity index (χ4n) is 2.15. The van der Waals surface area contributed by atoms with Crippen LogP contribution in [0.15, 0.2) is 0 Å². The molecule has 0 heterocycles. The highest BCUT2D eigenvalue weighted by molar-refractivity contribution is 6.39. The Bertz CT molecular complexity index is 292. The first-order valence-corrected chi connectivity index (χ1v) is 5.73. The molecule has 0 saturated heterocycles. The largest absolute Gasteiger partial charge is 0.393 e. The molecule has 2 N–H and O–H groups in total. The lowest BCUT2D eigenvalue weighted by molar-refractivity contribution is -0.120. The number of hydrogen-bond acceptors (Lipinski definition) is 3. The lowest BCUT2D eigenvalue weighted by Crippen LogP contribution is -2.33. The standard InChI is InChI=1S/C11H18N2O3/c12-13-11(10(16)7-14)9(15)6-8-4-2-1-3-5-8/h8,10,14,16H,1-7H2. The second-order valence-corrected chi connectivity index (χ2v) is 4.31. The Labute approximate surface area is 94.7 Å². The molecule has 1 atom stereocenters. The summed E-state index contributed by atoms with van der Waals surface area (Å²) in [6, 6.07) is 0. The molecule has 5 heteroatoms. The highest BCUT2D eigenvalue weighted by Gasteiger charge is 2.30. The molecule has 0 bridgehead atoms. The van der Waals surface area contributed by atoms with Crippen LogP contribution in [0.3, 0.4) is 0 Å². The highest BCUT2D eigenvalue weighted by Crippen LogP contribution is 2.26. The van der Waals surface area contributed by atoms with E-state index >= 15 is 0 Å². The summed E-state index contributed by atoms with van der Waals surface area (Å²) in [6.07, 6.45) is 4.43. The molecule has 1 saturated carbocycles. The molecule has 0 aromatic carbocycles. The zero-order valence-electron chi connectivity index (χ0n) is 9.30. The summed E-state index contributed by atoms with van der Waals surface area (Å²) in [5, 5.41) is 18.0. The van der Waals surface area contributed by atoms with Gasteiger partial charge in [-0.15, -0.1) is 0 Å². The van der Waals surface area contributed by atoms with E-state index in [-0.39, 0.29) is 11.5 Å². The van der Waals surface area contributed by atoms with E-state index in [4.69, 9.17) is 10.6 Å². The van der Waals surface area contributed by atoms with E-state index in [9.17, 15) is 9.90 Å². The first-order valence-electron chi connectivity index (χ1n) is 5.73. The molecule has 90 valence electrons. The summed E-state index contributed by atoms with van der Waals surface area (Å²) < 4.78 is 0. The SMILES string of the molecule is [N-]=[N+]=C(C(=O)CC1CCCCC1)C(O)CO. The van der Waals surface area contributed by atoms with Crippen molar-refractivity contribution in [1.82, 2.24) is 0 Å². The second kappa shape index (κ2) is 6.53. The number of aliphatic hydroxyl groups is 2. The molecular formula is C11H18N2O3. The molecule has 0 spiro atoms. The van der Waals surface area contributed by atoms with Crippen LogP contribution < -0.4 is 0 Å². The number of nitrogens with zero attached hydrogens (tertiary/aromatic N) is 2. The molecular weight excluding hydrogens is 208 g/mol. The zero-order chi connectivity index (χ0) is 12.0. The molecule has 1 aliphatic rings. The van der Waals surface area contributed by atoms with Crippen molar-refractivity contribution in [2.75, 3.05) is 6.61 Å². The summed E-state index contributed by atoms with van der Waals surface area (Å²) in [7, 11) is 0. The van der Waals surface area contributed by atoms with E-state index in [1.165, 1.54) is 6.42 Å². The first kappa shape index (κ1) is 13.0. The smallest absolute Gasteiger partial charge is 0.364 e. The fraction of sp³-hybridized carbons (Fsp3) is 0.818. The average molecular weight is 226 g/mol. The summed E-state index contributed by atoms with van der Waals surface area (Å²) >= 11 is 0. The first-order chi connectivity index (χ1) is 7.69. The number of carbonyl (C=O) groups is 1. The highest BCUT2D eigenvalue weighted by atomic mass is 16.3. The predicted molar refractivity (Wildman–Crippen MR) is 57.9 cm³/mol. The van der Waals surface area contributed by atoms with Gasteiger partial charge < -0.3 is 15.7 Å². The second-order valence-electron chi connectivity index (χ2n) is 4.31. The topological polar surface area (TPSA) is 93.9 Å². The average Bonchev–Trinajstić information content (AvgIpc) is 2.31. The Morgan fingerprint density at radius 1 is 1.38 bits per heavy atom. The van der Waals surface area contributed by atoms with Gasteiger partial charge in [0.15, 0.2) is 6.10 Å². The van der Waals surface area contributed by atoms with Crippen molar-refractivity contribution in [3.05, 3.63) is 5.53 Å². The van der Waals surface area contributed by atoms with Crippen LogP contribution in [-0.4, -0.2) is 39.2 Å². The predicted octanol–water partition coefficient (Wildman–Crippen LogP) is 0.550. The van der Waals surface area contributed by atoms with Crippen LogP contribution >= 0.6 is 0 Å². The molecule has 1 rings (SSSR count). The van der Waals surface area contributed by atoms with Crippen LogP contribution in [0, 0.1) is 5.92 Å². The number of ketones is 1. The quantitative estimate of drug-likeness (QED) is 0.407. The summed E-state index contributed by atoms with van der Waals surface area (Å²) in [5.74, 6) is -0.0418. The lowest BCUT2D eigenvalue weighted by Gasteiger charge is -2.19. The molecule has 1 aliphatic carbocycles. The molecule has 1 unspecified atom stereocenters. The van der Waals surface area contributed by atoms with Gasteiger partial charge in [0.25, 0.3) is 0 Å². The maximum atomic E-state index is 11.7. The number of carbonyl (C=O) groups excluding carboxylic acids is 1. The zero-order valence-corrected chi connectivity index (χ0v) is 9.30. The molecule has 5 nitrogen and oxygen atoms in total. The van der Waals surface area contributed by atoms with Gasteiger partial charge in [0.05, 0.1) is 6.61 Å². The Morgan fingerprint density at radius 2 is 2.00 bits per heavy atom. The van der Waals surface area contributed by atoms with Gasteiger partial charge in [0, 0.05) is 6.42 Å². The minimum absolute atomic E-state index is 0.302. The maximum absolute atomic E-state index is 11.7. The minimum atomic E-state index is -1.37. The van der Waals surface area contributed by atoms with E-state index in [0.29, 0.717) is 12.3 Å². The van der Waals surface area contributed by atoms with Crippen LogP contribution in [-0.2, 0) is 4.79 Å². The third-order valence-corrected chi connectivity index (χ3v) is 3.08. The van der Waals surface area contributed by atoms with E-state index in [1.807, 2.05) is 0 Å².